The van der Waals surface area contributed by atoms with Gasteiger partial charge >= 0.3 is 0 Å². The lowest BCUT2D eigenvalue weighted by molar-refractivity contribution is 0.0748. The van der Waals surface area contributed by atoms with Crippen molar-refractivity contribution in [3.05, 3.63) is 35.9 Å². The molecule has 5 heterocycles. The summed E-state index contributed by atoms with van der Waals surface area (Å²) in [4.78, 5) is 17.8. The third-order valence-electron chi connectivity index (χ3n) is 6.06. The van der Waals surface area contributed by atoms with Gasteiger partial charge in [-0.15, -0.1) is 0 Å². The minimum atomic E-state index is 0.0298. The molecule has 1 aromatic carbocycles. The smallest absolute Gasteiger partial charge is 0.261 e. The summed E-state index contributed by atoms with van der Waals surface area (Å²) >= 11 is 0. The Hall–Kier alpha value is -2.38. The van der Waals surface area contributed by atoms with Gasteiger partial charge < -0.3 is 24.4 Å². The lowest BCUT2D eigenvalue weighted by atomic mass is 9.97. The third-order valence-corrected chi connectivity index (χ3v) is 6.06. The number of nitrogens with one attached hydrogen (secondary N) is 1. The van der Waals surface area contributed by atoms with Gasteiger partial charge in [0.2, 0.25) is 0 Å². The fourth-order valence-electron chi connectivity index (χ4n) is 4.51. The van der Waals surface area contributed by atoms with Gasteiger partial charge in [0, 0.05) is 37.8 Å². The molecule has 7 heteroatoms. The molecule has 0 radical (unpaired) electrons. The maximum absolute atomic E-state index is 13.7. The number of amides is 1. The topological polar surface area (TPSA) is 70.8 Å². The van der Waals surface area contributed by atoms with Crippen molar-refractivity contribution < 1.29 is 14.1 Å². The molecule has 4 aliphatic heterocycles. The standard InChI is InChI=1S/C21H26N4O3/c26-21(25-13-15-6-7-17(14-25)22-12-15)18-19(16-4-2-1-3-5-16)28-23-20(18)24-8-10-27-11-9-24/h1-5,15,17,22H,6-14H2. The first-order valence-corrected chi connectivity index (χ1v) is 10.2. The van der Waals surface area contributed by atoms with Crippen LogP contribution in [0.4, 0.5) is 5.82 Å². The molecule has 4 fully saturated rings. The zero-order chi connectivity index (χ0) is 18.9. The van der Waals surface area contributed by atoms with Crippen LogP contribution >= 0.6 is 0 Å². The molecule has 2 atom stereocenters. The van der Waals surface area contributed by atoms with E-state index in [1.54, 1.807) is 0 Å². The molecule has 1 amide bonds. The number of carbonyl (C=O) groups is 1. The SMILES string of the molecule is O=C(c1c(N2CCOCC2)noc1-c1ccccc1)N1CC2CCC(C1)NC2. The molecule has 1 aromatic heterocycles. The maximum atomic E-state index is 13.7. The molecule has 1 N–H and O–H groups in total. The van der Waals surface area contributed by atoms with Crippen LogP contribution in [0.3, 0.4) is 0 Å². The molecule has 6 rings (SSSR count). The molecule has 4 saturated heterocycles. The number of aromatic nitrogens is 1. The average molecular weight is 382 g/mol. The predicted octanol–water partition coefficient (Wildman–Crippen LogP) is 2.00. The second kappa shape index (κ2) is 7.56. The number of piperidine rings is 1. The molecule has 2 unspecified atom stereocenters. The van der Waals surface area contributed by atoms with Crippen molar-refractivity contribution in [1.82, 2.24) is 15.4 Å². The highest BCUT2D eigenvalue weighted by Crippen LogP contribution is 2.34. The highest BCUT2D eigenvalue weighted by Gasteiger charge is 2.36. The van der Waals surface area contributed by atoms with E-state index in [0.29, 0.717) is 55.4 Å². The summed E-state index contributed by atoms with van der Waals surface area (Å²) in [6, 6.07) is 10.2. The van der Waals surface area contributed by atoms with Crippen LogP contribution in [0.5, 0.6) is 0 Å². The van der Waals surface area contributed by atoms with Crippen LogP contribution in [0.15, 0.2) is 34.9 Å². The first kappa shape index (κ1) is 17.7. The zero-order valence-corrected chi connectivity index (χ0v) is 16.0. The summed E-state index contributed by atoms with van der Waals surface area (Å²) in [7, 11) is 0. The van der Waals surface area contributed by atoms with Gasteiger partial charge in [-0.1, -0.05) is 35.5 Å². The molecule has 0 aliphatic carbocycles. The van der Waals surface area contributed by atoms with Crippen LogP contribution in [0.1, 0.15) is 23.2 Å². The molecular weight excluding hydrogens is 356 g/mol. The summed E-state index contributed by atoms with van der Waals surface area (Å²) in [5.74, 6) is 1.77. The number of anilines is 1. The van der Waals surface area contributed by atoms with Gasteiger partial charge in [-0.2, -0.15) is 0 Å². The molecule has 0 saturated carbocycles. The van der Waals surface area contributed by atoms with E-state index in [9.17, 15) is 4.79 Å². The van der Waals surface area contributed by atoms with Crippen LogP contribution in [0, 0.1) is 5.92 Å². The van der Waals surface area contributed by atoms with Crippen molar-refractivity contribution in [3.63, 3.8) is 0 Å². The predicted molar refractivity (Wildman–Crippen MR) is 105 cm³/mol. The van der Waals surface area contributed by atoms with Crippen molar-refractivity contribution in [3.8, 4) is 11.3 Å². The Balaban J connectivity index is 1.53. The van der Waals surface area contributed by atoms with Crippen LogP contribution in [-0.2, 0) is 4.74 Å². The third kappa shape index (κ3) is 3.29. The number of fused-ring (bicyclic) bond motifs is 4. The highest BCUT2D eigenvalue weighted by molar-refractivity contribution is 6.04. The summed E-state index contributed by atoms with van der Waals surface area (Å²) in [6.45, 7) is 5.25. The minimum Gasteiger partial charge on any atom is -0.378 e. The van der Waals surface area contributed by atoms with E-state index in [0.717, 1.165) is 31.6 Å². The van der Waals surface area contributed by atoms with Crippen LogP contribution < -0.4 is 10.2 Å². The van der Waals surface area contributed by atoms with Gasteiger partial charge in [-0.05, 0) is 25.3 Å². The lowest BCUT2D eigenvalue weighted by Crippen LogP contribution is -2.41. The van der Waals surface area contributed by atoms with Crippen molar-refractivity contribution >= 4 is 11.7 Å². The molecule has 148 valence electrons. The van der Waals surface area contributed by atoms with Gasteiger partial charge in [0.15, 0.2) is 11.6 Å². The quantitative estimate of drug-likeness (QED) is 0.876. The van der Waals surface area contributed by atoms with E-state index < -0.39 is 0 Å². The Kier molecular flexibility index (Phi) is 4.78. The van der Waals surface area contributed by atoms with E-state index in [-0.39, 0.29) is 5.91 Å². The van der Waals surface area contributed by atoms with E-state index in [1.165, 1.54) is 6.42 Å². The number of morpholine rings is 1. The van der Waals surface area contributed by atoms with E-state index in [1.807, 2.05) is 35.2 Å². The molecule has 2 aromatic rings. The van der Waals surface area contributed by atoms with Gasteiger partial charge in [0.1, 0.15) is 5.56 Å². The van der Waals surface area contributed by atoms with Gasteiger partial charge in [-0.25, -0.2) is 0 Å². The maximum Gasteiger partial charge on any atom is 0.261 e. The van der Waals surface area contributed by atoms with E-state index in [2.05, 4.69) is 15.4 Å². The van der Waals surface area contributed by atoms with E-state index >= 15 is 0 Å². The summed E-state index contributed by atoms with van der Waals surface area (Å²) in [5.41, 5.74) is 1.48. The fraction of sp³-hybridized carbons (Fsp3) is 0.524. The van der Waals surface area contributed by atoms with Crippen molar-refractivity contribution in [2.75, 3.05) is 50.8 Å². The number of benzene rings is 1. The van der Waals surface area contributed by atoms with Crippen LogP contribution in [-0.4, -0.2) is 67.9 Å². The fourth-order valence-corrected chi connectivity index (χ4v) is 4.51. The minimum absolute atomic E-state index is 0.0298. The number of nitrogens with zero attached hydrogens (tertiary/aromatic N) is 3. The van der Waals surface area contributed by atoms with Crippen LogP contribution in [0.25, 0.3) is 11.3 Å². The molecule has 4 aliphatic rings. The highest BCUT2D eigenvalue weighted by atomic mass is 16.5. The number of hydrogen-bond acceptors (Lipinski definition) is 6. The molecular formula is C21H26N4O3. The number of ether oxygens (including phenoxy) is 1. The Labute approximate surface area is 164 Å². The Bertz CT molecular complexity index is 809. The number of rotatable bonds is 3. The Morgan fingerprint density at radius 1 is 1.11 bits per heavy atom. The molecule has 7 nitrogen and oxygen atoms in total. The summed E-state index contributed by atoms with van der Waals surface area (Å²) < 4.78 is 11.2. The molecule has 0 spiro atoms. The Morgan fingerprint density at radius 3 is 2.68 bits per heavy atom. The first-order valence-electron chi connectivity index (χ1n) is 10.2. The lowest BCUT2D eigenvalue weighted by Gasteiger charge is -2.28. The van der Waals surface area contributed by atoms with Gasteiger partial charge in [-0.3, -0.25) is 4.79 Å². The summed E-state index contributed by atoms with van der Waals surface area (Å²) in [5, 5.41) is 7.92. The zero-order valence-electron chi connectivity index (χ0n) is 16.0. The largest absolute Gasteiger partial charge is 0.378 e. The second-order valence-electron chi connectivity index (χ2n) is 7.93. The monoisotopic (exact) mass is 382 g/mol. The summed E-state index contributed by atoms with van der Waals surface area (Å²) in [6.07, 6.45) is 2.33. The average Bonchev–Trinajstić information content (AvgIpc) is 2.97. The van der Waals surface area contributed by atoms with Crippen molar-refractivity contribution in [2.45, 2.75) is 18.9 Å². The first-order chi connectivity index (χ1) is 13.8. The molecule has 2 bridgehead atoms. The van der Waals surface area contributed by atoms with Gasteiger partial charge in [0.05, 0.1) is 13.2 Å². The number of hydrogen-bond donors (Lipinski definition) is 1. The van der Waals surface area contributed by atoms with Crippen LogP contribution in [0.2, 0.25) is 0 Å². The normalized spacial score (nSPS) is 25.0. The van der Waals surface area contributed by atoms with Crippen molar-refractivity contribution in [2.24, 2.45) is 5.92 Å². The Morgan fingerprint density at radius 2 is 1.93 bits per heavy atom. The van der Waals surface area contributed by atoms with Crippen molar-refractivity contribution in [1.29, 1.82) is 0 Å². The molecule has 28 heavy (non-hydrogen) atoms. The van der Waals surface area contributed by atoms with E-state index in [4.69, 9.17) is 9.26 Å². The second-order valence-corrected chi connectivity index (χ2v) is 7.93. The number of carbonyl (C=O) groups excluding carboxylic acids is 1. The van der Waals surface area contributed by atoms with Gasteiger partial charge in [0.25, 0.3) is 5.91 Å².